The molecule has 1 amide bonds. The van der Waals surface area contributed by atoms with Crippen molar-refractivity contribution in [3.63, 3.8) is 0 Å². The van der Waals surface area contributed by atoms with E-state index in [4.69, 9.17) is 4.74 Å². The average molecular weight is 403 g/mol. The maximum absolute atomic E-state index is 12.5. The summed E-state index contributed by atoms with van der Waals surface area (Å²) in [4.78, 5) is 31.2. The Bertz CT molecular complexity index is 1170. The van der Waals surface area contributed by atoms with E-state index >= 15 is 0 Å². The molecular weight excluding hydrogens is 378 g/mol. The molecule has 2 aromatic carbocycles. The van der Waals surface area contributed by atoms with E-state index in [0.717, 1.165) is 28.4 Å². The fraction of sp³-hybridized carbons (Fsp3) is 0.250. The number of ether oxygens (including phenoxy) is 1. The Hall–Kier alpha value is -3.54. The van der Waals surface area contributed by atoms with Crippen LogP contribution >= 0.6 is 0 Å². The number of amides is 1. The highest BCUT2D eigenvalue weighted by Gasteiger charge is 2.23. The van der Waals surface area contributed by atoms with Crippen LogP contribution in [0.1, 0.15) is 24.0 Å². The van der Waals surface area contributed by atoms with E-state index in [9.17, 15) is 9.59 Å². The summed E-state index contributed by atoms with van der Waals surface area (Å²) < 4.78 is 4.92. The van der Waals surface area contributed by atoms with Crippen molar-refractivity contribution < 1.29 is 14.3 Å². The Balaban J connectivity index is 1.37. The SMILES string of the molecule is COC(=O)[C@H](Cc1c[nH]c2ccccc12)NC(=O)CCCc1c[nH]c2ccccc12. The number of esters is 1. The molecule has 0 spiro atoms. The van der Waals surface area contributed by atoms with Gasteiger partial charge in [0.15, 0.2) is 0 Å². The van der Waals surface area contributed by atoms with Crippen LogP contribution in [0.5, 0.6) is 0 Å². The van der Waals surface area contributed by atoms with Crippen molar-refractivity contribution in [2.75, 3.05) is 7.11 Å². The number of nitrogens with one attached hydrogen (secondary N) is 3. The molecule has 1 atom stereocenters. The summed E-state index contributed by atoms with van der Waals surface area (Å²) in [6.07, 6.45) is 6.10. The molecule has 0 unspecified atom stereocenters. The third kappa shape index (κ3) is 4.22. The molecular formula is C24H25N3O3. The minimum absolute atomic E-state index is 0.148. The molecule has 0 fully saturated rings. The van der Waals surface area contributed by atoms with E-state index in [2.05, 4.69) is 21.4 Å². The van der Waals surface area contributed by atoms with Gasteiger partial charge >= 0.3 is 5.97 Å². The number of aromatic amines is 2. The van der Waals surface area contributed by atoms with Crippen molar-refractivity contribution >= 4 is 33.7 Å². The lowest BCUT2D eigenvalue weighted by atomic mass is 10.0. The Morgan fingerprint density at radius 3 is 2.20 bits per heavy atom. The van der Waals surface area contributed by atoms with Gasteiger partial charge in [-0.25, -0.2) is 4.79 Å². The molecule has 0 radical (unpaired) electrons. The first-order valence-electron chi connectivity index (χ1n) is 10.1. The molecule has 0 aliphatic rings. The number of aromatic nitrogens is 2. The number of fused-ring (bicyclic) bond motifs is 2. The van der Waals surface area contributed by atoms with E-state index in [1.807, 2.05) is 54.9 Å². The van der Waals surface area contributed by atoms with Gasteiger partial charge < -0.3 is 20.0 Å². The van der Waals surface area contributed by atoms with Crippen molar-refractivity contribution in [2.24, 2.45) is 0 Å². The Labute approximate surface area is 174 Å². The van der Waals surface area contributed by atoms with Crippen LogP contribution in [0.4, 0.5) is 0 Å². The zero-order valence-corrected chi connectivity index (χ0v) is 16.9. The number of rotatable bonds is 8. The molecule has 0 saturated heterocycles. The summed E-state index contributed by atoms with van der Waals surface area (Å²) >= 11 is 0. The predicted molar refractivity (Wildman–Crippen MR) is 117 cm³/mol. The number of aryl methyl sites for hydroxylation is 1. The molecule has 0 saturated carbocycles. The van der Waals surface area contributed by atoms with Gasteiger partial charge in [0.1, 0.15) is 6.04 Å². The molecule has 2 aromatic heterocycles. The lowest BCUT2D eigenvalue weighted by molar-refractivity contribution is -0.145. The molecule has 0 bridgehead atoms. The highest BCUT2D eigenvalue weighted by atomic mass is 16.5. The number of hydrogen-bond donors (Lipinski definition) is 3. The van der Waals surface area contributed by atoms with Gasteiger partial charge in [-0.1, -0.05) is 36.4 Å². The molecule has 0 aliphatic carbocycles. The third-order valence-corrected chi connectivity index (χ3v) is 5.44. The molecule has 2 heterocycles. The monoisotopic (exact) mass is 403 g/mol. The first-order valence-corrected chi connectivity index (χ1v) is 10.1. The fourth-order valence-corrected chi connectivity index (χ4v) is 3.90. The van der Waals surface area contributed by atoms with Crippen molar-refractivity contribution in [1.82, 2.24) is 15.3 Å². The molecule has 4 rings (SSSR count). The lowest BCUT2D eigenvalue weighted by Gasteiger charge is -2.16. The highest BCUT2D eigenvalue weighted by Crippen LogP contribution is 2.21. The first kappa shape index (κ1) is 19.8. The number of carbonyl (C=O) groups excluding carboxylic acids is 2. The summed E-state index contributed by atoms with van der Waals surface area (Å²) in [6, 6.07) is 15.3. The largest absolute Gasteiger partial charge is 0.467 e. The highest BCUT2D eigenvalue weighted by molar-refractivity contribution is 5.87. The normalized spacial score (nSPS) is 12.2. The van der Waals surface area contributed by atoms with Gasteiger partial charge in [0.25, 0.3) is 0 Å². The quantitative estimate of drug-likeness (QED) is 0.390. The second-order valence-corrected chi connectivity index (χ2v) is 7.42. The number of methoxy groups -OCH3 is 1. The molecule has 154 valence electrons. The first-order chi connectivity index (χ1) is 14.7. The molecule has 3 N–H and O–H groups in total. The summed E-state index contributed by atoms with van der Waals surface area (Å²) in [7, 11) is 1.34. The maximum atomic E-state index is 12.5. The fourth-order valence-electron chi connectivity index (χ4n) is 3.90. The van der Waals surface area contributed by atoms with Crippen LogP contribution in [0.15, 0.2) is 60.9 Å². The van der Waals surface area contributed by atoms with Gasteiger partial charge in [-0.05, 0) is 36.1 Å². The van der Waals surface area contributed by atoms with E-state index in [1.165, 1.54) is 18.1 Å². The molecule has 30 heavy (non-hydrogen) atoms. The Kier molecular flexibility index (Phi) is 5.84. The summed E-state index contributed by atoms with van der Waals surface area (Å²) in [5, 5.41) is 5.08. The zero-order chi connectivity index (χ0) is 20.9. The molecule has 6 nitrogen and oxygen atoms in total. The van der Waals surface area contributed by atoms with Gasteiger partial charge in [-0.15, -0.1) is 0 Å². The smallest absolute Gasteiger partial charge is 0.328 e. The van der Waals surface area contributed by atoms with Gasteiger partial charge in [0.05, 0.1) is 7.11 Å². The van der Waals surface area contributed by atoms with Crippen molar-refractivity contribution in [3.05, 3.63) is 72.1 Å². The van der Waals surface area contributed by atoms with Gasteiger partial charge in [-0.2, -0.15) is 0 Å². The second-order valence-electron chi connectivity index (χ2n) is 7.42. The van der Waals surface area contributed by atoms with E-state index in [0.29, 0.717) is 19.3 Å². The van der Waals surface area contributed by atoms with E-state index in [-0.39, 0.29) is 5.91 Å². The molecule has 6 heteroatoms. The van der Waals surface area contributed by atoms with Gasteiger partial charge in [0, 0.05) is 47.0 Å². The topological polar surface area (TPSA) is 87.0 Å². The number of benzene rings is 2. The van der Waals surface area contributed by atoms with Crippen LogP contribution in [-0.4, -0.2) is 35.0 Å². The number of H-pyrrole nitrogens is 2. The summed E-state index contributed by atoms with van der Waals surface area (Å²) in [5.41, 5.74) is 4.27. The van der Waals surface area contributed by atoms with Crippen LogP contribution in [0, 0.1) is 0 Å². The summed E-state index contributed by atoms with van der Waals surface area (Å²) in [5.74, 6) is -0.588. The van der Waals surface area contributed by atoms with E-state index < -0.39 is 12.0 Å². The van der Waals surface area contributed by atoms with Crippen LogP contribution in [0.3, 0.4) is 0 Å². The lowest BCUT2D eigenvalue weighted by Crippen LogP contribution is -2.43. The van der Waals surface area contributed by atoms with Gasteiger partial charge in [0.2, 0.25) is 5.91 Å². The van der Waals surface area contributed by atoms with Gasteiger partial charge in [-0.3, -0.25) is 4.79 Å². The van der Waals surface area contributed by atoms with Crippen molar-refractivity contribution in [1.29, 1.82) is 0 Å². The number of hydrogen-bond acceptors (Lipinski definition) is 3. The van der Waals surface area contributed by atoms with Crippen LogP contribution in [-0.2, 0) is 27.2 Å². The minimum atomic E-state index is -0.713. The second kappa shape index (κ2) is 8.86. The Morgan fingerprint density at radius 1 is 0.933 bits per heavy atom. The maximum Gasteiger partial charge on any atom is 0.328 e. The van der Waals surface area contributed by atoms with Crippen LogP contribution < -0.4 is 5.32 Å². The third-order valence-electron chi connectivity index (χ3n) is 5.44. The minimum Gasteiger partial charge on any atom is -0.467 e. The average Bonchev–Trinajstić information content (AvgIpc) is 3.37. The van der Waals surface area contributed by atoms with Crippen LogP contribution in [0.25, 0.3) is 21.8 Å². The summed E-state index contributed by atoms with van der Waals surface area (Å²) in [6.45, 7) is 0. The Morgan fingerprint density at radius 2 is 1.53 bits per heavy atom. The molecule has 0 aliphatic heterocycles. The standard InChI is InChI=1S/C24H25N3O3/c1-30-24(29)22(13-17-15-26-21-11-5-3-9-19(17)21)27-23(28)12-6-7-16-14-25-20-10-4-2-8-18(16)20/h2-5,8-11,14-15,22,25-26H,6-7,12-13H2,1H3,(H,27,28)/t22-/m0/s1. The van der Waals surface area contributed by atoms with E-state index in [1.54, 1.807) is 0 Å². The van der Waals surface area contributed by atoms with Crippen LogP contribution in [0.2, 0.25) is 0 Å². The van der Waals surface area contributed by atoms with Crippen molar-refractivity contribution in [3.8, 4) is 0 Å². The van der Waals surface area contributed by atoms with Crippen molar-refractivity contribution in [2.45, 2.75) is 31.7 Å². The number of carbonyl (C=O) groups is 2. The predicted octanol–water partition coefficient (Wildman–Crippen LogP) is 3.87. The zero-order valence-electron chi connectivity index (χ0n) is 16.9. The number of para-hydroxylation sites is 2. The molecule has 4 aromatic rings.